The van der Waals surface area contributed by atoms with E-state index in [2.05, 4.69) is 0 Å². The molecule has 18 heavy (non-hydrogen) atoms. The van der Waals surface area contributed by atoms with Crippen molar-refractivity contribution in [1.82, 2.24) is 0 Å². The molecule has 1 rings (SSSR count). The van der Waals surface area contributed by atoms with Gasteiger partial charge in [0.05, 0.1) is 12.2 Å². The molecule has 1 aromatic rings. The molecule has 0 spiro atoms. The molecule has 5 heteroatoms. The maximum Gasteiger partial charge on any atom is 0.341 e. The van der Waals surface area contributed by atoms with Gasteiger partial charge < -0.3 is 4.74 Å². The monoisotopic (exact) mass is 260 g/mol. The maximum atomic E-state index is 13.2. The highest BCUT2D eigenvalue weighted by molar-refractivity contribution is 5.89. The van der Waals surface area contributed by atoms with Crippen LogP contribution in [0.25, 0.3) is 0 Å². The van der Waals surface area contributed by atoms with E-state index in [1.807, 2.05) is 6.92 Å². The fraction of sp³-hybridized carbons (Fsp3) is 0.462. The molecule has 0 aromatic heterocycles. The van der Waals surface area contributed by atoms with E-state index in [1.54, 1.807) is 0 Å². The molecular formula is C13H15F3O2. The summed E-state index contributed by atoms with van der Waals surface area (Å²) in [6.07, 6.45) is 3.65. The third kappa shape index (κ3) is 3.75. The molecule has 1 aromatic carbocycles. The van der Waals surface area contributed by atoms with Gasteiger partial charge in [-0.2, -0.15) is 0 Å². The summed E-state index contributed by atoms with van der Waals surface area (Å²) in [5.41, 5.74) is -0.579. The fourth-order valence-electron chi connectivity index (χ4n) is 1.46. The number of hydrogen-bond acceptors (Lipinski definition) is 2. The Morgan fingerprint density at radius 3 is 2.50 bits per heavy atom. The third-order valence-corrected chi connectivity index (χ3v) is 2.49. The van der Waals surface area contributed by atoms with Gasteiger partial charge in [0.2, 0.25) is 0 Å². The first-order chi connectivity index (χ1) is 8.57. The molecule has 0 aliphatic carbocycles. The Labute approximate surface area is 104 Å². The van der Waals surface area contributed by atoms with Crippen molar-refractivity contribution in [2.24, 2.45) is 0 Å². The van der Waals surface area contributed by atoms with E-state index < -0.39 is 29.0 Å². The van der Waals surface area contributed by atoms with Crippen LogP contribution in [0.1, 0.15) is 43.0 Å². The summed E-state index contributed by atoms with van der Waals surface area (Å²) in [7, 11) is 0. The minimum Gasteiger partial charge on any atom is -0.462 e. The Balaban J connectivity index is 2.54. The van der Waals surface area contributed by atoms with Crippen LogP contribution in [-0.2, 0) is 4.74 Å². The molecule has 0 atom stereocenters. The molecule has 0 unspecified atom stereocenters. The van der Waals surface area contributed by atoms with Crippen molar-refractivity contribution in [1.29, 1.82) is 0 Å². The predicted octanol–water partition coefficient (Wildman–Crippen LogP) is 3.84. The van der Waals surface area contributed by atoms with Gasteiger partial charge in [-0.05, 0) is 18.6 Å². The van der Waals surface area contributed by atoms with Crippen molar-refractivity contribution in [3.05, 3.63) is 35.1 Å². The standard InChI is InChI=1S/C13H15F3O2/c1-2-3-4-5-8-18-13(17)9-6-7-10(14)12(16)11(9)15/h6-7H,2-5,8H2,1H3. The minimum atomic E-state index is -1.66. The van der Waals surface area contributed by atoms with Gasteiger partial charge >= 0.3 is 5.97 Å². The second kappa shape index (κ2) is 7.03. The molecule has 0 saturated heterocycles. The molecule has 0 bridgehead atoms. The fourth-order valence-corrected chi connectivity index (χ4v) is 1.46. The summed E-state index contributed by atoms with van der Waals surface area (Å²) in [4.78, 5) is 11.4. The van der Waals surface area contributed by atoms with E-state index in [0.717, 1.165) is 25.3 Å². The number of esters is 1. The highest BCUT2D eigenvalue weighted by Gasteiger charge is 2.19. The van der Waals surface area contributed by atoms with E-state index >= 15 is 0 Å². The summed E-state index contributed by atoms with van der Waals surface area (Å²) in [6.45, 7) is 2.19. The third-order valence-electron chi connectivity index (χ3n) is 2.49. The van der Waals surface area contributed by atoms with Crippen LogP contribution < -0.4 is 0 Å². The van der Waals surface area contributed by atoms with Crippen LogP contribution in [0.4, 0.5) is 13.2 Å². The molecular weight excluding hydrogens is 245 g/mol. The number of unbranched alkanes of at least 4 members (excludes halogenated alkanes) is 3. The Bertz CT molecular complexity index is 419. The Hall–Kier alpha value is -1.52. The van der Waals surface area contributed by atoms with Gasteiger partial charge in [-0.25, -0.2) is 18.0 Å². The van der Waals surface area contributed by atoms with E-state index in [0.29, 0.717) is 12.5 Å². The highest BCUT2D eigenvalue weighted by atomic mass is 19.2. The van der Waals surface area contributed by atoms with Crippen molar-refractivity contribution in [2.45, 2.75) is 32.6 Å². The number of hydrogen-bond donors (Lipinski definition) is 0. The number of rotatable bonds is 6. The van der Waals surface area contributed by atoms with E-state index in [4.69, 9.17) is 4.74 Å². The van der Waals surface area contributed by atoms with Gasteiger partial charge in [0.25, 0.3) is 0 Å². The summed E-state index contributed by atoms with van der Waals surface area (Å²) in [5, 5.41) is 0. The Kier molecular flexibility index (Phi) is 5.68. The van der Waals surface area contributed by atoms with Crippen molar-refractivity contribution in [3.63, 3.8) is 0 Å². The maximum absolute atomic E-state index is 13.2. The van der Waals surface area contributed by atoms with Crippen LogP contribution in [0.5, 0.6) is 0 Å². The van der Waals surface area contributed by atoms with Crippen LogP contribution in [0.3, 0.4) is 0 Å². The number of ether oxygens (including phenoxy) is 1. The van der Waals surface area contributed by atoms with Crippen LogP contribution in [0.15, 0.2) is 12.1 Å². The lowest BCUT2D eigenvalue weighted by atomic mass is 10.2. The van der Waals surface area contributed by atoms with Crippen LogP contribution in [0.2, 0.25) is 0 Å². The normalized spacial score (nSPS) is 10.4. The van der Waals surface area contributed by atoms with Crippen LogP contribution in [-0.4, -0.2) is 12.6 Å². The van der Waals surface area contributed by atoms with Crippen molar-refractivity contribution in [3.8, 4) is 0 Å². The molecule has 2 nitrogen and oxygen atoms in total. The first-order valence-electron chi connectivity index (χ1n) is 5.88. The zero-order chi connectivity index (χ0) is 13.5. The SMILES string of the molecule is CCCCCCOC(=O)c1ccc(F)c(F)c1F. The molecule has 0 aliphatic heterocycles. The molecule has 0 aliphatic rings. The highest BCUT2D eigenvalue weighted by Crippen LogP contribution is 2.16. The zero-order valence-electron chi connectivity index (χ0n) is 10.1. The lowest BCUT2D eigenvalue weighted by molar-refractivity contribution is 0.0491. The van der Waals surface area contributed by atoms with Gasteiger partial charge in [0, 0.05) is 0 Å². The van der Waals surface area contributed by atoms with Gasteiger partial charge in [-0.15, -0.1) is 0 Å². The second-order valence-corrected chi connectivity index (χ2v) is 3.92. The topological polar surface area (TPSA) is 26.3 Å². The molecule has 0 heterocycles. The molecule has 0 radical (unpaired) electrons. The van der Waals surface area contributed by atoms with Crippen molar-refractivity contribution >= 4 is 5.97 Å². The lowest BCUT2D eigenvalue weighted by Gasteiger charge is -2.06. The smallest absolute Gasteiger partial charge is 0.341 e. The predicted molar refractivity (Wildman–Crippen MR) is 60.7 cm³/mol. The summed E-state index contributed by atoms with van der Waals surface area (Å²) in [6, 6.07) is 1.58. The van der Waals surface area contributed by atoms with Crippen LogP contribution >= 0.6 is 0 Å². The van der Waals surface area contributed by atoms with Crippen molar-refractivity contribution < 1.29 is 22.7 Å². The number of halogens is 3. The van der Waals surface area contributed by atoms with E-state index in [1.165, 1.54) is 0 Å². The quantitative estimate of drug-likeness (QED) is 0.441. The zero-order valence-corrected chi connectivity index (χ0v) is 10.1. The first-order valence-corrected chi connectivity index (χ1v) is 5.88. The largest absolute Gasteiger partial charge is 0.462 e. The van der Waals surface area contributed by atoms with Gasteiger partial charge in [0.1, 0.15) is 0 Å². The first kappa shape index (κ1) is 14.5. The Morgan fingerprint density at radius 1 is 1.11 bits per heavy atom. The van der Waals surface area contributed by atoms with Gasteiger partial charge in [-0.3, -0.25) is 0 Å². The molecule has 0 saturated carbocycles. The number of carbonyl (C=O) groups excluding carboxylic acids is 1. The van der Waals surface area contributed by atoms with Gasteiger partial charge in [-0.1, -0.05) is 26.2 Å². The molecule has 0 N–H and O–H groups in total. The Morgan fingerprint density at radius 2 is 1.83 bits per heavy atom. The molecule has 100 valence electrons. The summed E-state index contributed by atoms with van der Waals surface area (Å²) >= 11 is 0. The number of carbonyl (C=O) groups is 1. The van der Waals surface area contributed by atoms with E-state index in [-0.39, 0.29) is 6.61 Å². The molecule has 0 fully saturated rings. The average molecular weight is 260 g/mol. The lowest BCUT2D eigenvalue weighted by Crippen LogP contribution is -2.10. The average Bonchev–Trinajstić information content (AvgIpc) is 2.35. The molecule has 0 amide bonds. The summed E-state index contributed by atoms with van der Waals surface area (Å²) in [5.74, 6) is -5.46. The van der Waals surface area contributed by atoms with Crippen LogP contribution in [0, 0.1) is 17.5 Å². The van der Waals surface area contributed by atoms with Crippen molar-refractivity contribution in [2.75, 3.05) is 6.61 Å². The minimum absolute atomic E-state index is 0.150. The van der Waals surface area contributed by atoms with Gasteiger partial charge in [0.15, 0.2) is 17.5 Å². The van der Waals surface area contributed by atoms with E-state index in [9.17, 15) is 18.0 Å². The summed E-state index contributed by atoms with van der Waals surface area (Å²) < 4.78 is 43.5. The number of benzene rings is 1. The second-order valence-electron chi connectivity index (χ2n) is 3.92.